The van der Waals surface area contributed by atoms with Crippen LogP contribution in [-0.2, 0) is 5.41 Å². The van der Waals surface area contributed by atoms with Crippen molar-refractivity contribution in [3.63, 3.8) is 0 Å². The van der Waals surface area contributed by atoms with Gasteiger partial charge in [-0.2, -0.15) is 0 Å². The van der Waals surface area contributed by atoms with Gasteiger partial charge in [-0.1, -0.05) is 44.2 Å². The highest BCUT2D eigenvalue weighted by Crippen LogP contribution is 2.21. The zero-order valence-electron chi connectivity index (χ0n) is 15.2. The number of nitrogens with one attached hydrogen (secondary N) is 2. The molecule has 0 aliphatic carbocycles. The lowest BCUT2D eigenvalue weighted by atomic mass is 9.85. The third kappa shape index (κ3) is 5.34. The second-order valence-corrected chi connectivity index (χ2v) is 7.24. The van der Waals surface area contributed by atoms with Crippen LogP contribution in [0.2, 0.25) is 0 Å². The number of nitrogens with zero attached hydrogens (tertiary/aromatic N) is 2. The van der Waals surface area contributed by atoms with Crippen LogP contribution in [0.15, 0.2) is 35.3 Å². The molecule has 0 fully saturated rings. The van der Waals surface area contributed by atoms with Gasteiger partial charge in [-0.05, 0) is 33.5 Å². The molecule has 2 N–H and O–H groups in total. The van der Waals surface area contributed by atoms with Gasteiger partial charge in [0.05, 0.1) is 0 Å². The van der Waals surface area contributed by atoms with Crippen LogP contribution in [0.25, 0.3) is 0 Å². The second-order valence-electron chi connectivity index (χ2n) is 7.24. The summed E-state index contributed by atoms with van der Waals surface area (Å²) in [5.41, 5.74) is 1.45. The Bertz CT molecular complexity index is 475. The van der Waals surface area contributed by atoms with E-state index in [0.717, 1.165) is 19.0 Å². The highest BCUT2D eigenvalue weighted by atomic mass is 15.2. The minimum atomic E-state index is 0.0515. The quantitative estimate of drug-likeness (QED) is 0.626. The van der Waals surface area contributed by atoms with Crippen molar-refractivity contribution in [2.24, 2.45) is 4.99 Å². The molecule has 0 aromatic heterocycles. The SMILES string of the molecule is CN=C(NCC(C)(C)c1ccccc1)NCC(C)(C)N(C)C. The van der Waals surface area contributed by atoms with E-state index in [1.165, 1.54) is 5.56 Å². The number of rotatable bonds is 6. The molecular formula is C18H32N4. The van der Waals surface area contributed by atoms with E-state index in [1.807, 2.05) is 7.05 Å². The molecular weight excluding hydrogens is 272 g/mol. The van der Waals surface area contributed by atoms with Gasteiger partial charge in [0.15, 0.2) is 5.96 Å². The lowest BCUT2D eigenvalue weighted by Gasteiger charge is -2.33. The summed E-state index contributed by atoms with van der Waals surface area (Å²) in [5, 5.41) is 6.85. The van der Waals surface area contributed by atoms with Crippen LogP contribution in [0.5, 0.6) is 0 Å². The number of benzene rings is 1. The van der Waals surface area contributed by atoms with Crippen molar-refractivity contribution in [1.29, 1.82) is 0 Å². The van der Waals surface area contributed by atoms with E-state index in [1.54, 1.807) is 0 Å². The first-order valence-corrected chi connectivity index (χ1v) is 7.86. The van der Waals surface area contributed by atoms with E-state index in [2.05, 4.69) is 92.6 Å². The standard InChI is InChI=1S/C18H32N4/c1-17(2,15-11-9-8-10-12-15)13-20-16(19-5)21-14-18(3,4)22(6)7/h8-12H,13-14H2,1-7H3,(H2,19,20,21). The maximum atomic E-state index is 4.32. The molecule has 0 heterocycles. The molecule has 0 aliphatic rings. The summed E-state index contributed by atoms with van der Waals surface area (Å²) < 4.78 is 0. The molecule has 1 rings (SSSR count). The van der Waals surface area contributed by atoms with Gasteiger partial charge < -0.3 is 15.5 Å². The molecule has 124 valence electrons. The average Bonchev–Trinajstić information content (AvgIpc) is 2.48. The number of hydrogen-bond donors (Lipinski definition) is 2. The Balaban J connectivity index is 2.58. The molecule has 0 unspecified atom stereocenters. The summed E-state index contributed by atoms with van der Waals surface area (Å²) >= 11 is 0. The molecule has 22 heavy (non-hydrogen) atoms. The van der Waals surface area contributed by atoms with Crippen LogP contribution in [-0.4, -0.2) is 50.6 Å². The predicted octanol–water partition coefficient (Wildman–Crippen LogP) is 2.47. The fraction of sp³-hybridized carbons (Fsp3) is 0.611. The van der Waals surface area contributed by atoms with Crippen molar-refractivity contribution in [3.8, 4) is 0 Å². The van der Waals surface area contributed by atoms with Crippen molar-refractivity contribution in [2.45, 2.75) is 38.6 Å². The van der Waals surface area contributed by atoms with Crippen molar-refractivity contribution in [1.82, 2.24) is 15.5 Å². The van der Waals surface area contributed by atoms with E-state index in [0.29, 0.717) is 0 Å². The largest absolute Gasteiger partial charge is 0.356 e. The van der Waals surface area contributed by atoms with Crippen LogP contribution >= 0.6 is 0 Å². The lowest BCUT2D eigenvalue weighted by Crippen LogP contribution is -2.52. The second kappa shape index (κ2) is 7.63. The number of guanidine groups is 1. The Kier molecular flexibility index (Phi) is 6.42. The molecule has 4 nitrogen and oxygen atoms in total. The zero-order chi connectivity index (χ0) is 16.8. The smallest absolute Gasteiger partial charge is 0.191 e. The predicted molar refractivity (Wildman–Crippen MR) is 96.6 cm³/mol. The summed E-state index contributed by atoms with van der Waals surface area (Å²) in [4.78, 5) is 6.53. The first kappa shape index (κ1) is 18.5. The van der Waals surface area contributed by atoms with Gasteiger partial charge in [-0.15, -0.1) is 0 Å². The first-order valence-electron chi connectivity index (χ1n) is 7.86. The maximum absolute atomic E-state index is 4.32. The molecule has 0 aliphatic heterocycles. The summed E-state index contributed by atoms with van der Waals surface area (Å²) in [6, 6.07) is 10.6. The fourth-order valence-electron chi connectivity index (χ4n) is 1.97. The molecule has 4 heteroatoms. The monoisotopic (exact) mass is 304 g/mol. The minimum Gasteiger partial charge on any atom is -0.356 e. The van der Waals surface area contributed by atoms with Crippen LogP contribution in [0.4, 0.5) is 0 Å². The minimum absolute atomic E-state index is 0.0515. The maximum Gasteiger partial charge on any atom is 0.191 e. The third-order valence-corrected chi connectivity index (χ3v) is 4.38. The van der Waals surface area contributed by atoms with Crippen LogP contribution in [0.3, 0.4) is 0 Å². The molecule has 1 aromatic carbocycles. The molecule has 0 saturated heterocycles. The summed E-state index contributed by atoms with van der Waals surface area (Å²) in [7, 11) is 6.00. The zero-order valence-corrected chi connectivity index (χ0v) is 15.2. The van der Waals surface area contributed by atoms with E-state index in [9.17, 15) is 0 Å². The van der Waals surface area contributed by atoms with Crippen LogP contribution in [0.1, 0.15) is 33.3 Å². The topological polar surface area (TPSA) is 39.7 Å². The molecule has 0 saturated carbocycles. The van der Waals surface area contributed by atoms with Crippen LogP contribution < -0.4 is 10.6 Å². The van der Waals surface area contributed by atoms with Crippen LogP contribution in [0, 0.1) is 0 Å². The Labute approximate surface area is 136 Å². The van der Waals surface area contributed by atoms with Gasteiger partial charge >= 0.3 is 0 Å². The molecule has 0 spiro atoms. The highest BCUT2D eigenvalue weighted by Gasteiger charge is 2.22. The lowest BCUT2D eigenvalue weighted by molar-refractivity contribution is 0.197. The van der Waals surface area contributed by atoms with E-state index < -0.39 is 0 Å². The molecule has 0 atom stereocenters. The van der Waals surface area contributed by atoms with Gasteiger partial charge in [0.2, 0.25) is 0 Å². The Hall–Kier alpha value is -1.55. The van der Waals surface area contributed by atoms with Gasteiger partial charge in [-0.3, -0.25) is 4.99 Å². The average molecular weight is 304 g/mol. The summed E-state index contributed by atoms with van der Waals surface area (Å²) in [6.45, 7) is 10.6. The summed E-state index contributed by atoms with van der Waals surface area (Å²) in [5.74, 6) is 0.846. The van der Waals surface area contributed by atoms with Gasteiger partial charge in [0.25, 0.3) is 0 Å². The highest BCUT2D eigenvalue weighted by molar-refractivity contribution is 5.79. The Morgan fingerprint density at radius 1 is 1.00 bits per heavy atom. The molecule has 1 aromatic rings. The third-order valence-electron chi connectivity index (χ3n) is 4.38. The Morgan fingerprint density at radius 3 is 2.05 bits per heavy atom. The number of likely N-dealkylation sites (N-methyl/N-ethyl adjacent to an activating group) is 1. The normalized spacial score (nSPS) is 13.4. The van der Waals surface area contributed by atoms with E-state index >= 15 is 0 Å². The first-order chi connectivity index (χ1) is 10.2. The van der Waals surface area contributed by atoms with Crippen molar-refractivity contribution in [3.05, 3.63) is 35.9 Å². The van der Waals surface area contributed by atoms with Gasteiger partial charge in [0.1, 0.15) is 0 Å². The number of aliphatic imine (C=N–C) groups is 1. The number of hydrogen-bond acceptors (Lipinski definition) is 2. The Morgan fingerprint density at radius 2 is 1.55 bits per heavy atom. The summed E-state index contributed by atoms with van der Waals surface area (Å²) in [6.07, 6.45) is 0. The van der Waals surface area contributed by atoms with Crippen molar-refractivity contribution in [2.75, 3.05) is 34.2 Å². The van der Waals surface area contributed by atoms with E-state index in [4.69, 9.17) is 0 Å². The van der Waals surface area contributed by atoms with Gasteiger partial charge in [-0.25, -0.2) is 0 Å². The molecule has 0 bridgehead atoms. The van der Waals surface area contributed by atoms with E-state index in [-0.39, 0.29) is 11.0 Å². The van der Waals surface area contributed by atoms with Crippen molar-refractivity contribution >= 4 is 5.96 Å². The van der Waals surface area contributed by atoms with Crippen molar-refractivity contribution < 1.29 is 0 Å². The molecule has 0 radical (unpaired) electrons. The molecule has 0 amide bonds. The van der Waals surface area contributed by atoms with Gasteiger partial charge in [0, 0.05) is 31.1 Å². The fourth-order valence-corrected chi connectivity index (χ4v) is 1.97.